The Hall–Kier alpha value is -3.62. The third kappa shape index (κ3) is 3.85. The summed E-state index contributed by atoms with van der Waals surface area (Å²) in [5.74, 6) is 0.969. The van der Waals surface area contributed by atoms with E-state index >= 15 is 0 Å². The maximum Gasteiger partial charge on any atom is 0.266 e. The molecule has 2 aliphatic heterocycles. The van der Waals surface area contributed by atoms with Crippen LogP contribution in [0, 0.1) is 17.2 Å². The Kier molecular flexibility index (Phi) is 5.63. The van der Waals surface area contributed by atoms with E-state index in [0.717, 1.165) is 11.3 Å². The van der Waals surface area contributed by atoms with Gasteiger partial charge in [-0.15, -0.1) is 0 Å². The molecule has 1 saturated heterocycles. The lowest BCUT2D eigenvalue weighted by Crippen LogP contribution is -2.42. The zero-order chi connectivity index (χ0) is 23.9. The van der Waals surface area contributed by atoms with E-state index < -0.39 is 10.0 Å². The molecule has 4 heterocycles. The van der Waals surface area contributed by atoms with Gasteiger partial charge in [0.05, 0.1) is 11.2 Å². The van der Waals surface area contributed by atoms with Crippen LogP contribution in [0.3, 0.4) is 0 Å². The summed E-state index contributed by atoms with van der Waals surface area (Å²) >= 11 is 0. The summed E-state index contributed by atoms with van der Waals surface area (Å²) in [7, 11) is -2.15. The van der Waals surface area contributed by atoms with E-state index in [1.165, 1.54) is 19.4 Å². The number of fused-ring (bicyclic) bond motifs is 1. The Bertz CT molecular complexity index is 1370. The van der Waals surface area contributed by atoms with E-state index in [-0.39, 0.29) is 28.3 Å². The number of amides is 1. The lowest BCUT2D eigenvalue weighted by Gasteiger charge is -2.33. The number of benzene rings is 1. The van der Waals surface area contributed by atoms with Crippen LogP contribution in [0.4, 0.5) is 11.6 Å². The fourth-order valence-corrected chi connectivity index (χ4v) is 5.33. The second-order valence-electron chi connectivity index (χ2n) is 8.26. The number of carbonyl (C=O) groups excluding carboxylic acids is 1. The molecule has 1 aromatic carbocycles. The van der Waals surface area contributed by atoms with E-state index in [1.807, 2.05) is 4.90 Å². The van der Waals surface area contributed by atoms with Gasteiger partial charge in [-0.2, -0.15) is 10.2 Å². The van der Waals surface area contributed by atoms with Crippen molar-refractivity contribution in [1.29, 1.82) is 5.26 Å². The van der Waals surface area contributed by atoms with Crippen LogP contribution in [0.5, 0.6) is 0 Å². The number of nitriles is 1. The molecule has 5 rings (SSSR count). The van der Waals surface area contributed by atoms with Crippen LogP contribution in [0.1, 0.15) is 24.1 Å². The van der Waals surface area contributed by atoms with Gasteiger partial charge in [0.2, 0.25) is 27.5 Å². The van der Waals surface area contributed by atoms with Crippen molar-refractivity contribution in [3.8, 4) is 17.7 Å². The normalized spacial score (nSPS) is 16.5. The Balaban J connectivity index is 1.28. The molecule has 1 amide bonds. The largest absolute Gasteiger partial charge is 0.459 e. The van der Waals surface area contributed by atoms with Gasteiger partial charge in [0, 0.05) is 31.2 Å². The molecule has 0 saturated carbocycles. The van der Waals surface area contributed by atoms with Gasteiger partial charge in [0.15, 0.2) is 5.76 Å². The van der Waals surface area contributed by atoms with Crippen molar-refractivity contribution in [3.05, 3.63) is 47.9 Å². The zero-order valence-electron chi connectivity index (χ0n) is 18.5. The van der Waals surface area contributed by atoms with Crippen LogP contribution in [0.2, 0.25) is 0 Å². The number of hydrogen-bond acceptors (Lipinski definition) is 8. The fraction of sp³-hybridized carbons (Fsp3) is 0.348. The highest BCUT2D eigenvalue weighted by Crippen LogP contribution is 2.35. The minimum Gasteiger partial charge on any atom is -0.459 e. The molecule has 0 unspecified atom stereocenters. The number of rotatable bonds is 5. The number of hydrogen-bond donors (Lipinski definition) is 1. The van der Waals surface area contributed by atoms with Crippen molar-refractivity contribution in [1.82, 2.24) is 9.71 Å². The van der Waals surface area contributed by atoms with Crippen LogP contribution in [-0.2, 0) is 21.2 Å². The summed E-state index contributed by atoms with van der Waals surface area (Å²) in [6.45, 7) is 1.64. The number of anilines is 2. The van der Waals surface area contributed by atoms with Crippen molar-refractivity contribution >= 4 is 27.5 Å². The highest BCUT2D eigenvalue weighted by Gasteiger charge is 2.34. The Morgan fingerprint density at radius 3 is 2.71 bits per heavy atom. The van der Waals surface area contributed by atoms with Gasteiger partial charge in [-0.3, -0.25) is 4.79 Å². The molecule has 1 N–H and O–H groups in total. The number of piperidine rings is 1. The second-order valence-corrected chi connectivity index (χ2v) is 10.1. The van der Waals surface area contributed by atoms with Gasteiger partial charge in [0.1, 0.15) is 6.07 Å². The van der Waals surface area contributed by atoms with Crippen molar-refractivity contribution < 1.29 is 22.0 Å². The van der Waals surface area contributed by atoms with Gasteiger partial charge < -0.3 is 18.6 Å². The predicted molar refractivity (Wildman–Crippen MR) is 123 cm³/mol. The smallest absolute Gasteiger partial charge is 0.266 e. The van der Waals surface area contributed by atoms with Crippen LogP contribution < -0.4 is 14.5 Å². The summed E-state index contributed by atoms with van der Waals surface area (Å²) < 4.78 is 37.6. The number of sulfonamides is 1. The second kappa shape index (κ2) is 8.62. The number of carbonyl (C=O) groups is 1. The SMILES string of the molecule is CNS(=O)(=O)c1ccc2c(c1)CCN2C(=O)C1CCN(c2oc(-c3ccco3)nc2C#N)CC1. The molecule has 0 atom stereocenters. The van der Waals surface area contributed by atoms with E-state index in [2.05, 4.69) is 15.8 Å². The van der Waals surface area contributed by atoms with Gasteiger partial charge in [-0.25, -0.2) is 13.1 Å². The molecule has 0 bridgehead atoms. The number of aromatic nitrogens is 1. The third-order valence-corrected chi connectivity index (χ3v) is 7.78. The van der Waals surface area contributed by atoms with Crippen molar-refractivity contribution in [2.45, 2.75) is 24.2 Å². The van der Waals surface area contributed by atoms with Crippen LogP contribution in [0.25, 0.3) is 11.7 Å². The maximum atomic E-state index is 13.3. The summed E-state index contributed by atoms with van der Waals surface area (Å²) in [6, 6.07) is 10.4. The predicted octanol–water partition coefficient (Wildman–Crippen LogP) is 2.52. The minimum absolute atomic E-state index is 0.0389. The van der Waals surface area contributed by atoms with Gasteiger partial charge in [0.25, 0.3) is 5.89 Å². The summed E-state index contributed by atoms with van der Waals surface area (Å²) in [4.78, 5) is 21.4. The van der Waals surface area contributed by atoms with E-state index in [9.17, 15) is 18.5 Å². The van der Waals surface area contributed by atoms with Crippen LogP contribution in [-0.4, -0.2) is 46.0 Å². The quantitative estimate of drug-likeness (QED) is 0.588. The molecule has 34 heavy (non-hydrogen) atoms. The van der Waals surface area contributed by atoms with Gasteiger partial charge >= 0.3 is 0 Å². The number of oxazole rings is 1. The molecule has 2 aliphatic rings. The Morgan fingerprint density at radius 2 is 2.03 bits per heavy atom. The zero-order valence-corrected chi connectivity index (χ0v) is 19.3. The third-order valence-electron chi connectivity index (χ3n) is 6.37. The summed E-state index contributed by atoms with van der Waals surface area (Å²) in [5, 5.41) is 9.49. The highest BCUT2D eigenvalue weighted by atomic mass is 32.2. The van der Waals surface area contributed by atoms with E-state index in [4.69, 9.17) is 8.83 Å². The Morgan fingerprint density at radius 1 is 1.24 bits per heavy atom. The number of nitrogens with zero attached hydrogens (tertiary/aromatic N) is 4. The van der Waals surface area contributed by atoms with E-state index in [0.29, 0.717) is 50.5 Å². The minimum atomic E-state index is -3.53. The van der Waals surface area contributed by atoms with Crippen LogP contribution in [0.15, 0.2) is 50.3 Å². The molecule has 10 nitrogen and oxygen atoms in total. The highest BCUT2D eigenvalue weighted by molar-refractivity contribution is 7.89. The fourth-order valence-electron chi connectivity index (χ4n) is 4.55. The topological polar surface area (TPSA) is 133 Å². The number of nitrogens with one attached hydrogen (secondary N) is 1. The maximum absolute atomic E-state index is 13.3. The molecule has 176 valence electrons. The lowest BCUT2D eigenvalue weighted by molar-refractivity contribution is -0.122. The average Bonchev–Trinajstić information content (AvgIpc) is 3.62. The van der Waals surface area contributed by atoms with Crippen LogP contribution >= 0.6 is 0 Å². The first-order chi connectivity index (χ1) is 16.4. The summed E-state index contributed by atoms with van der Waals surface area (Å²) in [6.07, 6.45) is 3.35. The number of furan rings is 1. The molecule has 0 spiro atoms. The first kappa shape index (κ1) is 22.2. The monoisotopic (exact) mass is 481 g/mol. The molecule has 11 heteroatoms. The van der Waals surface area contributed by atoms with Gasteiger partial charge in [-0.05, 0) is 62.2 Å². The van der Waals surface area contributed by atoms with E-state index in [1.54, 1.807) is 29.2 Å². The summed E-state index contributed by atoms with van der Waals surface area (Å²) in [5.41, 5.74) is 1.82. The van der Waals surface area contributed by atoms with Crippen molar-refractivity contribution in [2.24, 2.45) is 5.92 Å². The van der Waals surface area contributed by atoms with Crippen molar-refractivity contribution in [3.63, 3.8) is 0 Å². The molecule has 0 radical (unpaired) electrons. The molecule has 0 aliphatic carbocycles. The standard InChI is InChI=1S/C23H23N5O5S/c1-25-34(30,31)17-4-5-19-16(13-17)8-11-28(19)22(29)15-6-9-27(10-7-15)23-18(14-24)26-21(33-23)20-3-2-12-32-20/h2-5,12-13,15,25H,6-11H2,1H3. The lowest BCUT2D eigenvalue weighted by atomic mass is 9.95. The molecular formula is C23H23N5O5S. The molecule has 1 fully saturated rings. The average molecular weight is 482 g/mol. The Labute approximate surface area is 196 Å². The van der Waals surface area contributed by atoms with Gasteiger partial charge in [-0.1, -0.05) is 0 Å². The molecule has 3 aromatic rings. The molecular weight excluding hydrogens is 458 g/mol. The molecule has 2 aromatic heterocycles. The first-order valence-electron chi connectivity index (χ1n) is 11.0. The first-order valence-corrected chi connectivity index (χ1v) is 12.5. The van der Waals surface area contributed by atoms with Crippen molar-refractivity contribution in [2.75, 3.05) is 36.5 Å².